The van der Waals surface area contributed by atoms with Gasteiger partial charge >= 0.3 is 0 Å². The monoisotopic (exact) mass is 858 g/mol. The average molecular weight is 859 g/mol. The number of aromatic nitrogens is 4. The van der Waals surface area contributed by atoms with Crippen LogP contribution in [-0.4, -0.2) is 130 Å². The molecule has 3 aromatic carbocycles. The van der Waals surface area contributed by atoms with Crippen LogP contribution in [0.3, 0.4) is 0 Å². The summed E-state index contributed by atoms with van der Waals surface area (Å²) in [5, 5.41) is 18.0. The molecule has 0 spiro atoms. The third kappa shape index (κ3) is 8.78. The molecule has 1 atom stereocenters. The van der Waals surface area contributed by atoms with E-state index in [1.807, 2.05) is 47.1 Å². The maximum absolute atomic E-state index is 13.8. The van der Waals surface area contributed by atoms with E-state index >= 15 is 0 Å². The number of nitrogens with zero attached hydrogens (tertiary/aromatic N) is 7. The summed E-state index contributed by atoms with van der Waals surface area (Å²) < 4.78 is 21.1. The zero-order chi connectivity index (χ0) is 43.6. The van der Waals surface area contributed by atoms with Crippen LogP contribution in [0.4, 0.5) is 15.9 Å². The third-order valence-electron chi connectivity index (χ3n) is 12.7. The highest BCUT2D eigenvalue weighted by Crippen LogP contribution is 2.35. The number of carbonyl (C=O) groups is 4. The molecular weight excluding hydrogens is 808 g/mol. The van der Waals surface area contributed by atoms with Crippen molar-refractivity contribution in [2.24, 2.45) is 0 Å². The van der Waals surface area contributed by atoms with Crippen molar-refractivity contribution in [1.29, 1.82) is 0 Å². The minimum absolute atomic E-state index is 0.132. The van der Waals surface area contributed by atoms with E-state index in [1.54, 1.807) is 4.90 Å². The molecule has 0 bridgehead atoms. The lowest BCUT2D eigenvalue weighted by Gasteiger charge is -2.47. The molecule has 63 heavy (non-hydrogen) atoms. The largest absolute Gasteiger partial charge is 0.496 e. The fraction of sp³-hybridized carbons (Fsp3) is 0.400. The van der Waals surface area contributed by atoms with Gasteiger partial charge in [-0.2, -0.15) is 5.10 Å². The van der Waals surface area contributed by atoms with E-state index in [0.29, 0.717) is 41.8 Å². The van der Waals surface area contributed by atoms with Gasteiger partial charge in [-0.05, 0) is 66.8 Å². The first-order valence-electron chi connectivity index (χ1n) is 21.5. The predicted octanol–water partition coefficient (Wildman–Crippen LogP) is 2.94. The van der Waals surface area contributed by atoms with Gasteiger partial charge in [-0.25, -0.2) is 19.0 Å². The maximum Gasteiger partial charge on any atom is 0.255 e. The lowest BCUT2D eigenvalue weighted by Crippen LogP contribution is -2.61. The first kappa shape index (κ1) is 41.8. The number of nitrogens with two attached hydrogens (primary N) is 1. The number of rotatable bonds is 15. The van der Waals surface area contributed by atoms with E-state index in [1.165, 1.54) is 25.6 Å². The van der Waals surface area contributed by atoms with Gasteiger partial charge in [0, 0.05) is 94.7 Å². The lowest BCUT2D eigenvalue weighted by molar-refractivity contribution is -0.136. The van der Waals surface area contributed by atoms with Crippen molar-refractivity contribution in [2.45, 2.75) is 56.9 Å². The number of imide groups is 1. The molecule has 328 valence electrons. The summed E-state index contributed by atoms with van der Waals surface area (Å²) in [6.07, 6.45) is 3.96. The predicted molar refractivity (Wildman–Crippen MR) is 233 cm³/mol. The molecule has 2 aromatic heterocycles. The Morgan fingerprint density at radius 1 is 0.952 bits per heavy atom. The summed E-state index contributed by atoms with van der Waals surface area (Å²) in [6, 6.07) is 17.4. The van der Waals surface area contributed by atoms with Gasteiger partial charge < -0.3 is 31.3 Å². The van der Waals surface area contributed by atoms with Crippen LogP contribution in [0.2, 0.25) is 0 Å². The number of amides is 4. The molecule has 0 unspecified atom stereocenters. The number of ether oxygens (including phenoxy) is 1. The Morgan fingerprint density at radius 2 is 1.76 bits per heavy atom. The normalized spacial score (nSPS) is 18.7. The number of nitrogen functional groups attached to an aromatic ring is 1. The molecule has 4 aliphatic rings. The van der Waals surface area contributed by atoms with Gasteiger partial charge in [-0.1, -0.05) is 24.3 Å². The van der Waals surface area contributed by atoms with E-state index in [0.717, 1.165) is 105 Å². The second-order valence-electron chi connectivity index (χ2n) is 16.6. The Hall–Kier alpha value is -6.50. The highest BCUT2D eigenvalue weighted by Gasteiger charge is 2.39. The summed E-state index contributed by atoms with van der Waals surface area (Å²) in [7, 11) is 1.44. The summed E-state index contributed by atoms with van der Waals surface area (Å²) in [6.45, 7) is 8.04. The Morgan fingerprint density at radius 3 is 2.54 bits per heavy atom. The lowest BCUT2D eigenvalue weighted by atomic mass is 9.99. The van der Waals surface area contributed by atoms with Crippen LogP contribution in [0.15, 0.2) is 67.0 Å². The van der Waals surface area contributed by atoms with Gasteiger partial charge in [0.1, 0.15) is 35.4 Å². The molecule has 3 saturated heterocycles. The number of benzene rings is 3. The fourth-order valence-electron chi connectivity index (χ4n) is 9.16. The Kier molecular flexibility index (Phi) is 12.0. The van der Waals surface area contributed by atoms with Crippen molar-refractivity contribution in [2.75, 3.05) is 70.5 Å². The van der Waals surface area contributed by atoms with Crippen molar-refractivity contribution in [3.05, 3.63) is 95.1 Å². The second-order valence-corrected chi connectivity index (χ2v) is 16.6. The molecule has 0 radical (unpaired) electrons. The smallest absolute Gasteiger partial charge is 0.255 e. The molecule has 6 heterocycles. The topological polar surface area (TPSA) is 205 Å². The van der Waals surface area contributed by atoms with Crippen LogP contribution in [-0.2, 0) is 22.7 Å². The first-order chi connectivity index (χ1) is 30.6. The molecule has 9 rings (SSSR count). The molecule has 3 fully saturated rings. The Balaban J connectivity index is 0.707. The molecule has 4 aliphatic heterocycles. The van der Waals surface area contributed by atoms with Gasteiger partial charge in [0.2, 0.25) is 11.8 Å². The fourth-order valence-corrected chi connectivity index (χ4v) is 9.16. The number of hydrogen-bond donors (Lipinski definition) is 5. The van der Waals surface area contributed by atoms with Crippen molar-refractivity contribution in [3.63, 3.8) is 0 Å². The minimum atomic E-state index is -0.615. The van der Waals surface area contributed by atoms with E-state index in [9.17, 15) is 23.6 Å². The number of nitrogens with one attached hydrogen (secondary N) is 4. The van der Waals surface area contributed by atoms with Gasteiger partial charge in [0.15, 0.2) is 5.65 Å². The van der Waals surface area contributed by atoms with Crippen molar-refractivity contribution in [3.8, 4) is 17.0 Å². The summed E-state index contributed by atoms with van der Waals surface area (Å²) >= 11 is 0. The zero-order valence-electron chi connectivity index (χ0n) is 35.1. The van der Waals surface area contributed by atoms with Gasteiger partial charge in [0.05, 0.1) is 24.1 Å². The highest BCUT2D eigenvalue weighted by atomic mass is 19.1. The standard InChI is InChI=1S/C45H51FN12O5/c1-63-37-10-6-30(46)21-35(37)43(60)50-22-27-2-4-28(5-3-27)40-39-41(47)51-26-52-42(39)58(54-40)32-12-17-56(18-13-32)33-24-55(25-33)19-16-48-14-15-49-31-7-8-34-29(20-31)23-57(45(34)62)36-9-11-38(59)53-44(36)61/h2-8,10,20-21,26,32-33,36,48-49H,9,11-19,22-25H2,1H3,(H,50,60)(H2,47,51,52)(H,53,59,61)/t36-/m0/s1. The number of hydrogen-bond acceptors (Lipinski definition) is 13. The van der Waals surface area contributed by atoms with Gasteiger partial charge in [0.25, 0.3) is 11.8 Å². The molecule has 0 saturated carbocycles. The van der Waals surface area contributed by atoms with Crippen LogP contribution in [0.25, 0.3) is 22.3 Å². The molecule has 4 amide bonds. The number of anilines is 2. The van der Waals surface area contributed by atoms with Crippen LogP contribution in [0.5, 0.6) is 5.75 Å². The third-order valence-corrected chi connectivity index (χ3v) is 12.7. The van der Waals surface area contributed by atoms with Crippen molar-refractivity contribution in [1.82, 2.24) is 50.4 Å². The second kappa shape index (κ2) is 18.1. The molecule has 5 aromatic rings. The zero-order valence-corrected chi connectivity index (χ0v) is 35.1. The molecule has 0 aliphatic carbocycles. The summed E-state index contributed by atoms with van der Waals surface area (Å²) in [4.78, 5) is 65.3. The Labute approximate surface area is 363 Å². The van der Waals surface area contributed by atoms with Crippen molar-refractivity contribution < 1.29 is 28.3 Å². The van der Waals surface area contributed by atoms with E-state index in [4.69, 9.17) is 15.6 Å². The number of likely N-dealkylation sites (tertiary alicyclic amines) is 2. The van der Waals surface area contributed by atoms with Crippen molar-refractivity contribution >= 4 is 46.2 Å². The van der Waals surface area contributed by atoms with Crippen LogP contribution in [0, 0.1) is 5.82 Å². The highest BCUT2D eigenvalue weighted by molar-refractivity contribution is 6.05. The van der Waals surface area contributed by atoms with Crippen LogP contribution >= 0.6 is 0 Å². The number of halogens is 1. The number of fused-ring (bicyclic) bond motifs is 2. The van der Waals surface area contributed by atoms with Crippen LogP contribution in [0.1, 0.15) is 63.6 Å². The van der Waals surface area contributed by atoms with Gasteiger partial charge in [-0.15, -0.1) is 0 Å². The molecule has 17 nitrogen and oxygen atoms in total. The van der Waals surface area contributed by atoms with E-state index in [2.05, 4.69) is 41.0 Å². The van der Waals surface area contributed by atoms with E-state index < -0.39 is 23.7 Å². The minimum Gasteiger partial charge on any atom is -0.496 e. The number of piperidine rings is 2. The number of carbonyl (C=O) groups excluding carboxylic acids is 4. The molecular formula is C45H51FN12O5. The van der Waals surface area contributed by atoms with Crippen LogP contribution < -0.4 is 31.7 Å². The maximum atomic E-state index is 13.8. The SMILES string of the molecule is COc1ccc(F)cc1C(=O)NCc1ccc(-c2nn(C3CCN(C4CN(CCNCCNc5ccc6c(c5)CN([C@H]5CCC(=O)NC5=O)C6=O)C4)CC3)c3ncnc(N)c23)cc1. The summed E-state index contributed by atoms with van der Waals surface area (Å²) in [5.41, 5.74) is 12.1. The average Bonchev–Trinajstić information content (AvgIpc) is 3.83. The summed E-state index contributed by atoms with van der Waals surface area (Å²) in [5.74, 6) is -1.13. The molecule has 18 heteroatoms. The quantitative estimate of drug-likeness (QED) is 0.0760. The first-order valence-corrected chi connectivity index (χ1v) is 21.5. The Bertz CT molecular complexity index is 2540. The van der Waals surface area contributed by atoms with E-state index in [-0.39, 0.29) is 36.4 Å². The number of methoxy groups -OCH3 is 1. The van der Waals surface area contributed by atoms with Gasteiger partial charge in [-0.3, -0.25) is 34.3 Å². The molecule has 6 N–H and O–H groups in total.